The van der Waals surface area contributed by atoms with Crippen molar-refractivity contribution < 1.29 is 14.8 Å². The molecule has 0 unspecified atom stereocenters. The van der Waals surface area contributed by atoms with E-state index in [0.717, 1.165) is 6.42 Å². The molecule has 3 nitrogen and oxygen atoms in total. The summed E-state index contributed by atoms with van der Waals surface area (Å²) in [6, 6.07) is 0. The summed E-state index contributed by atoms with van der Waals surface area (Å²) in [6.45, 7) is 3.94. The third-order valence-electron chi connectivity index (χ3n) is 1.28. The minimum Gasteiger partial charge on any atom is -0.200 e. The summed E-state index contributed by atoms with van der Waals surface area (Å²) in [6.07, 6.45) is 1.14. The van der Waals surface area contributed by atoms with Crippen molar-refractivity contribution in [3.63, 3.8) is 0 Å². The highest BCUT2D eigenvalue weighted by atomic mass is 17.5. The topological polar surface area (TPSA) is 27.7 Å². The molecule has 3 heteroatoms. The second-order valence-electron chi connectivity index (χ2n) is 1.91. The van der Waals surface area contributed by atoms with Crippen LogP contribution in [0.5, 0.6) is 0 Å². The monoisotopic (exact) mass is 118 g/mol. The first-order valence-electron chi connectivity index (χ1n) is 2.83. The van der Waals surface area contributed by atoms with Crippen molar-refractivity contribution in [2.45, 2.75) is 32.5 Å². The van der Waals surface area contributed by atoms with Gasteiger partial charge in [0.15, 0.2) is 0 Å². The predicted molar refractivity (Wildman–Crippen MR) is 26.8 cm³/mol. The molecule has 0 N–H and O–H groups in total. The zero-order chi connectivity index (χ0) is 5.98. The normalized spacial score (nSPS) is 38.2. The van der Waals surface area contributed by atoms with Crippen LogP contribution in [0.2, 0.25) is 0 Å². The Balaban J connectivity index is 2.30. The van der Waals surface area contributed by atoms with Gasteiger partial charge in [-0.05, 0) is 13.3 Å². The minimum absolute atomic E-state index is 0.0833. The predicted octanol–water partition coefficient (Wildman–Crippen LogP) is 1.05. The molecule has 48 valence electrons. The lowest BCUT2D eigenvalue weighted by molar-refractivity contribution is -0.465. The molecule has 1 aliphatic heterocycles. The summed E-state index contributed by atoms with van der Waals surface area (Å²) in [5.74, 6) is 0. The molecule has 1 saturated heterocycles. The van der Waals surface area contributed by atoms with E-state index in [0.29, 0.717) is 0 Å². The molecule has 0 amide bonds. The van der Waals surface area contributed by atoms with E-state index >= 15 is 0 Å². The van der Waals surface area contributed by atoms with E-state index in [2.05, 4.69) is 9.93 Å². The van der Waals surface area contributed by atoms with E-state index in [4.69, 9.17) is 4.89 Å². The average Bonchev–Trinajstić information content (AvgIpc) is 2.14. The third-order valence-corrected chi connectivity index (χ3v) is 1.28. The van der Waals surface area contributed by atoms with E-state index in [1.165, 1.54) is 0 Å². The second kappa shape index (κ2) is 2.44. The van der Waals surface area contributed by atoms with Gasteiger partial charge in [0.1, 0.15) is 12.2 Å². The second-order valence-corrected chi connectivity index (χ2v) is 1.91. The molecule has 0 saturated carbocycles. The van der Waals surface area contributed by atoms with Crippen LogP contribution in [0.4, 0.5) is 0 Å². The Hall–Kier alpha value is -0.120. The van der Waals surface area contributed by atoms with Gasteiger partial charge in [0.25, 0.3) is 0 Å². The van der Waals surface area contributed by atoms with E-state index < -0.39 is 0 Å². The molecule has 0 aliphatic carbocycles. The van der Waals surface area contributed by atoms with Gasteiger partial charge >= 0.3 is 0 Å². The minimum atomic E-state index is 0.0833. The summed E-state index contributed by atoms with van der Waals surface area (Å²) in [4.78, 5) is 9.33. The first kappa shape index (κ1) is 6.01. The van der Waals surface area contributed by atoms with Crippen molar-refractivity contribution in [2.24, 2.45) is 0 Å². The molecule has 0 aromatic heterocycles. The van der Waals surface area contributed by atoms with Crippen molar-refractivity contribution in [3.8, 4) is 0 Å². The lowest BCUT2D eigenvalue weighted by Gasteiger charge is -2.02. The van der Waals surface area contributed by atoms with Crippen molar-refractivity contribution in [3.05, 3.63) is 0 Å². The van der Waals surface area contributed by atoms with Crippen LogP contribution in [-0.2, 0) is 14.8 Å². The van der Waals surface area contributed by atoms with Crippen LogP contribution in [0, 0.1) is 0 Å². The molecule has 0 spiro atoms. The highest BCUT2D eigenvalue weighted by Crippen LogP contribution is 2.15. The Morgan fingerprint density at radius 3 is 2.38 bits per heavy atom. The van der Waals surface area contributed by atoms with Gasteiger partial charge < -0.3 is 0 Å². The summed E-state index contributed by atoms with van der Waals surface area (Å²) < 4.78 is 0. The van der Waals surface area contributed by atoms with Gasteiger partial charge in [0.05, 0.1) is 0 Å². The van der Waals surface area contributed by atoms with Crippen LogP contribution < -0.4 is 0 Å². The van der Waals surface area contributed by atoms with Crippen molar-refractivity contribution in [1.29, 1.82) is 0 Å². The molecule has 0 aromatic carbocycles. The van der Waals surface area contributed by atoms with Crippen LogP contribution in [0.25, 0.3) is 0 Å². The molecule has 1 fully saturated rings. The van der Waals surface area contributed by atoms with Crippen LogP contribution in [-0.4, -0.2) is 12.2 Å². The van der Waals surface area contributed by atoms with Crippen molar-refractivity contribution >= 4 is 0 Å². The maximum atomic E-state index is 4.69. The van der Waals surface area contributed by atoms with Gasteiger partial charge in [-0.15, -0.1) is 0 Å². The summed E-state index contributed by atoms with van der Waals surface area (Å²) in [5, 5.41) is 4.26. The molecule has 8 heavy (non-hydrogen) atoms. The van der Waals surface area contributed by atoms with Crippen molar-refractivity contribution in [2.75, 3.05) is 0 Å². The van der Waals surface area contributed by atoms with Crippen LogP contribution in [0.15, 0.2) is 0 Å². The molecular formula is C5H10O3. The fraction of sp³-hybridized carbons (Fsp3) is 1.00. The SMILES string of the molecule is CC[C@H]1OOO[C@@H]1C. The van der Waals surface area contributed by atoms with Gasteiger partial charge in [0, 0.05) is 0 Å². The van der Waals surface area contributed by atoms with E-state index in [1.54, 1.807) is 0 Å². The zero-order valence-corrected chi connectivity index (χ0v) is 5.09. The molecular weight excluding hydrogens is 108 g/mol. The molecule has 1 aliphatic rings. The lowest BCUT2D eigenvalue weighted by Crippen LogP contribution is -2.17. The number of hydrogen-bond acceptors (Lipinski definition) is 3. The maximum absolute atomic E-state index is 4.69. The largest absolute Gasteiger partial charge is 0.200 e. The third kappa shape index (κ3) is 0.992. The van der Waals surface area contributed by atoms with Gasteiger partial charge in [-0.3, -0.25) is 0 Å². The van der Waals surface area contributed by atoms with E-state index in [1.807, 2.05) is 13.8 Å². The fourth-order valence-electron chi connectivity index (χ4n) is 0.675. The van der Waals surface area contributed by atoms with Crippen molar-refractivity contribution in [1.82, 2.24) is 0 Å². The summed E-state index contributed by atoms with van der Waals surface area (Å²) in [5.41, 5.74) is 0. The quantitative estimate of drug-likeness (QED) is 0.481. The van der Waals surface area contributed by atoms with Gasteiger partial charge in [-0.25, -0.2) is 4.89 Å². The smallest absolute Gasteiger partial charge is 0.125 e. The zero-order valence-electron chi connectivity index (χ0n) is 5.09. The Kier molecular flexibility index (Phi) is 1.83. The molecule has 0 bridgehead atoms. The average molecular weight is 118 g/mol. The Morgan fingerprint density at radius 2 is 2.12 bits per heavy atom. The Bertz CT molecular complexity index is 74.1. The van der Waals surface area contributed by atoms with Gasteiger partial charge in [-0.1, -0.05) is 12.0 Å². The molecule has 0 aromatic rings. The number of rotatable bonds is 1. The van der Waals surface area contributed by atoms with Crippen LogP contribution >= 0.6 is 0 Å². The first-order valence-corrected chi connectivity index (χ1v) is 2.83. The molecule has 2 atom stereocenters. The number of hydrogen-bond donors (Lipinski definition) is 0. The Labute approximate surface area is 48.4 Å². The standard InChI is InChI=1S/C5H10O3/c1-3-5-4(2)6-8-7-5/h4-5H,3H2,1-2H3/t4-,5-/m1/s1. The maximum Gasteiger partial charge on any atom is 0.125 e. The first-order chi connectivity index (χ1) is 3.84. The van der Waals surface area contributed by atoms with Crippen LogP contribution in [0.1, 0.15) is 20.3 Å². The summed E-state index contributed by atoms with van der Waals surface area (Å²) in [7, 11) is 0. The van der Waals surface area contributed by atoms with E-state index in [9.17, 15) is 0 Å². The highest BCUT2D eigenvalue weighted by molar-refractivity contribution is 4.62. The summed E-state index contributed by atoms with van der Waals surface area (Å²) >= 11 is 0. The molecule has 0 radical (unpaired) electrons. The molecule has 1 rings (SSSR count). The van der Waals surface area contributed by atoms with Gasteiger partial charge in [0.2, 0.25) is 0 Å². The van der Waals surface area contributed by atoms with Crippen LogP contribution in [0.3, 0.4) is 0 Å². The lowest BCUT2D eigenvalue weighted by atomic mass is 10.2. The van der Waals surface area contributed by atoms with E-state index in [-0.39, 0.29) is 12.2 Å². The fourth-order valence-corrected chi connectivity index (χ4v) is 0.675. The Morgan fingerprint density at radius 1 is 1.38 bits per heavy atom. The molecule has 1 heterocycles. The van der Waals surface area contributed by atoms with Gasteiger partial charge in [-0.2, -0.15) is 4.89 Å². The highest BCUT2D eigenvalue weighted by Gasteiger charge is 2.25.